The van der Waals surface area contributed by atoms with Gasteiger partial charge < -0.3 is 14.6 Å². The van der Waals surface area contributed by atoms with Gasteiger partial charge in [-0.05, 0) is 62.9 Å². The number of nitrogens with zero attached hydrogens (tertiary/aromatic N) is 6. The van der Waals surface area contributed by atoms with E-state index >= 15 is 0 Å². The minimum atomic E-state index is -4.48. The van der Waals surface area contributed by atoms with Crippen LogP contribution in [0, 0.1) is 0 Å². The minimum Gasteiger partial charge on any atom is -0.480 e. The number of imidazole rings is 1. The van der Waals surface area contributed by atoms with E-state index in [2.05, 4.69) is 26.3 Å². The Labute approximate surface area is 217 Å². The molecule has 6 rings (SSSR count). The minimum absolute atomic E-state index is 0.0327. The number of halogens is 3. The zero-order chi connectivity index (χ0) is 26.4. The molecule has 1 fully saturated rings. The summed E-state index contributed by atoms with van der Waals surface area (Å²) in [6.45, 7) is 3.02. The molecule has 1 aromatic carbocycles. The molecule has 0 radical (unpaired) electrons. The lowest BCUT2D eigenvalue weighted by atomic mass is 10.0. The number of aromatic nitrogens is 6. The first-order chi connectivity index (χ1) is 18.4. The van der Waals surface area contributed by atoms with Crippen molar-refractivity contribution in [2.75, 3.05) is 12.4 Å². The van der Waals surface area contributed by atoms with Crippen molar-refractivity contribution >= 4 is 5.69 Å². The number of rotatable bonds is 7. The molecule has 0 spiro atoms. The van der Waals surface area contributed by atoms with Crippen LogP contribution in [-0.4, -0.2) is 36.4 Å². The maximum absolute atomic E-state index is 13.2. The number of fused-ring (bicyclic) bond motifs is 1. The highest BCUT2D eigenvalue weighted by Crippen LogP contribution is 2.46. The zero-order valence-corrected chi connectivity index (χ0v) is 21.2. The van der Waals surface area contributed by atoms with Gasteiger partial charge in [0, 0.05) is 36.5 Å². The number of anilines is 1. The molecule has 1 N–H and O–H groups in total. The first kappa shape index (κ1) is 24.4. The molecular weight excluding hydrogens is 495 g/mol. The molecule has 2 aliphatic rings. The van der Waals surface area contributed by atoms with Crippen molar-refractivity contribution in [1.82, 2.24) is 29.3 Å². The fraction of sp³-hybridized carbons (Fsp3) is 0.407. The Bertz CT molecular complexity index is 1450. The lowest BCUT2D eigenvalue weighted by Gasteiger charge is -2.25. The van der Waals surface area contributed by atoms with E-state index in [4.69, 9.17) is 9.84 Å². The Hall–Kier alpha value is -3.89. The number of hydrogen-bond donors (Lipinski definition) is 1. The van der Waals surface area contributed by atoms with E-state index in [9.17, 15) is 13.2 Å². The van der Waals surface area contributed by atoms with Gasteiger partial charge in [-0.25, -0.2) is 15.0 Å². The monoisotopic (exact) mass is 523 g/mol. The first-order valence-electron chi connectivity index (χ1n) is 12.8. The molecule has 0 saturated heterocycles. The van der Waals surface area contributed by atoms with Crippen molar-refractivity contribution < 1.29 is 17.9 Å². The first-order valence-corrected chi connectivity index (χ1v) is 12.8. The van der Waals surface area contributed by atoms with Crippen LogP contribution in [0.3, 0.4) is 0 Å². The predicted molar refractivity (Wildman–Crippen MR) is 136 cm³/mol. The van der Waals surface area contributed by atoms with Crippen LogP contribution in [0.25, 0.3) is 22.6 Å². The number of alkyl halides is 3. The summed E-state index contributed by atoms with van der Waals surface area (Å²) in [5.41, 5.74) is 4.37. The van der Waals surface area contributed by atoms with Crippen LogP contribution in [0.1, 0.15) is 61.6 Å². The van der Waals surface area contributed by atoms with Gasteiger partial charge in [-0.3, -0.25) is 4.68 Å². The van der Waals surface area contributed by atoms with Crippen LogP contribution in [-0.2, 0) is 19.3 Å². The SMILES string of the molecule is CCn1cc(C(F)(F)F)nc1-c1ccc(NC2CCCn3nc(-c4c(OC)ncnc4C4CC4)cc32)cc1. The maximum atomic E-state index is 13.2. The summed E-state index contributed by atoms with van der Waals surface area (Å²) in [7, 11) is 1.61. The Morgan fingerprint density at radius 1 is 1.11 bits per heavy atom. The van der Waals surface area contributed by atoms with E-state index in [1.807, 2.05) is 16.8 Å². The van der Waals surface area contributed by atoms with Gasteiger partial charge in [0.25, 0.3) is 0 Å². The van der Waals surface area contributed by atoms with E-state index in [1.165, 1.54) is 4.57 Å². The van der Waals surface area contributed by atoms with Crippen molar-refractivity contribution in [2.24, 2.45) is 0 Å². The van der Waals surface area contributed by atoms with Crippen LogP contribution in [0.5, 0.6) is 5.88 Å². The van der Waals surface area contributed by atoms with Crippen LogP contribution >= 0.6 is 0 Å². The van der Waals surface area contributed by atoms with Gasteiger partial charge >= 0.3 is 6.18 Å². The predicted octanol–water partition coefficient (Wildman–Crippen LogP) is 6.08. The topological polar surface area (TPSA) is 82.7 Å². The third kappa shape index (κ3) is 4.50. The molecule has 3 aromatic heterocycles. The second-order valence-corrected chi connectivity index (χ2v) is 9.75. The summed E-state index contributed by atoms with van der Waals surface area (Å²) in [6.07, 6.45) is 2.25. The molecule has 11 heteroatoms. The lowest BCUT2D eigenvalue weighted by Crippen LogP contribution is -2.21. The summed E-state index contributed by atoms with van der Waals surface area (Å²) in [6, 6.07) is 9.49. The van der Waals surface area contributed by atoms with Crippen molar-refractivity contribution in [2.45, 2.75) is 63.8 Å². The molecule has 1 atom stereocenters. The average Bonchev–Trinajstić information content (AvgIpc) is 3.50. The molecule has 4 heterocycles. The van der Waals surface area contributed by atoms with Gasteiger partial charge in [-0.15, -0.1) is 0 Å². The van der Waals surface area contributed by atoms with Gasteiger partial charge in [0.2, 0.25) is 5.88 Å². The summed E-state index contributed by atoms with van der Waals surface area (Å²) in [4.78, 5) is 12.7. The van der Waals surface area contributed by atoms with Crippen LogP contribution < -0.4 is 10.1 Å². The number of hydrogen-bond acceptors (Lipinski definition) is 6. The van der Waals surface area contributed by atoms with E-state index in [1.54, 1.807) is 32.5 Å². The molecule has 0 amide bonds. The molecule has 1 aliphatic carbocycles. The fourth-order valence-corrected chi connectivity index (χ4v) is 5.14. The van der Waals surface area contributed by atoms with E-state index in [0.29, 0.717) is 29.7 Å². The summed E-state index contributed by atoms with van der Waals surface area (Å²) in [5.74, 6) is 1.26. The zero-order valence-electron chi connectivity index (χ0n) is 21.2. The Kier molecular flexibility index (Phi) is 6.08. The van der Waals surface area contributed by atoms with Crippen LogP contribution in [0.2, 0.25) is 0 Å². The van der Waals surface area contributed by atoms with Gasteiger partial charge in [0.05, 0.1) is 35.8 Å². The van der Waals surface area contributed by atoms with E-state index in [0.717, 1.165) is 66.8 Å². The number of ether oxygens (including phenoxy) is 1. The molecule has 4 aromatic rings. The van der Waals surface area contributed by atoms with Crippen LogP contribution in [0.4, 0.5) is 18.9 Å². The number of nitrogens with one attached hydrogen (secondary N) is 1. The molecule has 38 heavy (non-hydrogen) atoms. The molecule has 1 aliphatic heterocycles. The second-order valence-electron chi connectivity index (χ2n) is 9.75. The third-order valence-corrected chi connectivity index (χ3v) is 7.18. The normalized spacial score (nSPS) is 17.3. The maximum Gasteiger partial charge on any atom is 0.434 e. The lowest BCUT2D eigenvalue weighted by molar-refractivity contribution is -0.140. The number of methoxy groups -OCH3 is 1. The molecular formula is C27H28F3N7O. The number of aryl methyl sites for hydroxylation is 2. The highest BCUT2D eigenvalue weighted by Gasteiger charge is 2.35. The highest BCUT2D eigenvalue weighted by atomic mass is 19.4. The Balaban J connectivity index is 1.26. The van der Waals surface area contributed by atoms with E-state index < -0.39 is 11.9 Å². The molecule has 1 unspecified atom stereocenters. The van der Waals surface area contributed by atoms with Crippen molar-refractivity contribution in [3.05, 3.63) is 59.9 Å². The Morgan fingerprint density at radius 3 is 2.58 bits per heavy atom. The third-order valence-electron chi connectivity index (χ3n) is 7.18. The van der Waals surface area contributed by atoms with Crippen molar-refractivity contribution in [3.63, 3.8) is 0 Å². The average molecular weight is 524 g/mol. The van der Waals surface area contributed by atoms with Crippen molar-refractivity contribution in [3.8, 4) is 28.5 Å². The largest absolute Gasteiger partial charge is 0.480 e. The van der Waals surface area contributed by atoms with Gasteiger partial charge in [0.1, 0.15) is 12.2 Å². The standard InChI is InChI=1S/C27H28F3N7O/c1-3-36-14-22(27(28,29)30)34-25(36)17-8-10-18(11-9-17)33-19-5-4-12-37-21(19)13-20(35-37)23-24(16-6-7-16)31-15-32-26(23)38-2/h8-11,13-16,19,33H,3-7,12H2,1-2H3. The molecule has 1 saturated carbocycles. The molecule has 0 bridgehead atoms. The van der Waals surface area contributed by atoms with Crippen LogP contribution in [0.15, 0.2) is 42.9 Å². The van der Waals surface area contributed by atoms with E-state index in [-0.39, 0.29) is 6.04 Å². The highest BCUT2D eigenvalue weighted by molar-refractivity contribution is 5.69. The fourth-order valence-electron chi connectivity index (χ4n) is 5.14. The molecule has 8 nitrogen and oxygen atoms in total. The Morgan fingerprint density at radius 2 is 1.89 bits per heavy atom. The van der Waals surface area contributed by atoms with Gasteiger partial charge in [-0.2, -0.15) is 18.3 Å². The smallest absolute Gasteiger partial charge is 0.434 e. The summed E-state index contributed by atoms with van der Waals surface area (Å²) >= 11 is 0. The second kappa shape index (κ2) is 9.45. The van der Waals surface area contributed by atoms with Gasteiger partial charge in [0.15, 0.2) is 5.69 Å². The summed E-state index contributed by atoms with van der Waals surface area (Å²) in [5, 5.41) is 8.49. The van der Waals surface area contributed by atoms with Crippen molar-refractivity contribution in [1.29, 1.82) is 0 Å². The molecule has 198 valence electrons. The quantitative estimate of drug-likeness (QED) is 0.316. The summed E-state index contributed by atoms with van der Waals surface area (Å²) < 4.78 is 48.7. The number of benzene rings is 1. The van der Waals surface area contributed by atoms with Gasteiger partial charge in [-0.1, -0.05) is 0 Å².